The highest BCUT2D eigenvalue weighted by Crippen LogP contribution is 2.32. The zero-order valence-electron chi connectivity index (χ0n) is 12.6. The summed E-state index contributed by atoms with van der Waals surface area (Å²) in [5.74, 6) is 1.18. The lowest BCUT2D eigenvalue weighted by Gasteiger charge is -2.09. The average Bonchev–Trinajstić information content (AvgIpc) is 3.06. The van der Waals surface area contributed by atoms with E-state index in [0.29, 0.717) is 0 Å². The van der Waals surface area contributed by atoms with Crippen molar-refractivity contribution in [1.82, 2.24) is 14.9 Å². The number of nitrogens with one attached hydrogen (secondary N) is 1. The second-order valence-electron chi connectivity index (χ2n) is 5.25. The molecule has 1 aromatic carbocycles. The molecule has 0 unspecified atom stereocenters. The number of fused-ring (bicyclic) bond motifs is 1. The SMILES string of the molecule is CCCc1nccn1Cc1c(CNC)sc2ccccc12. The molecule has 0 saturated heterocycles. The summed E-state index contributed by atoms with van der Waals surface area (Å²) in [6.07, 6.45) is 6.18. The maximum Gasteiger partial charge on any atom is 0.108 e. The van der Waals surface area contributed by atoms with Crippen molar-refractivity contribution in [3.05, 3.63) is 52.9 Å². The van der Waals surface area contributed by atoms with Crippen LogP contribution in [0, 0.1) is 0 Å². The van der Waals surface area contributed by atoms with Crippen LogP contribution in [0.1, 0.15) is 29.6 Å². The van der Waals surface area contributed by atoms with E-state index in [2.05, 4.69) is 52.3 Å². The Morgan fingerprint density at radius 3 is 2.95 bits per heavy atom. The number of hydrogen-bond donors (Lipinski definition) is 1. The third kappa shape index (κ3) is 2.87. The summed E-state index contributed by atoms with van der Waals surface area (Å²) in [7, 11) is 2.01. The molecule has 110 valence electrons. The van der Waals surface area contributed by atoms with Gasteiger partial charge in [-0.1, -0.05) is 25.1 Å². The maximum absolute atomic E-state index is 4.49. The van der Waals surface area contributed by atoms with Gasteiger partial charge in [0.25, 0.3) is 0 Å². The number of imidazole rings is 1. The summed E-state index contributed by atoms with van der Waals surface area (Å²) in [5, 5.41) is 4.67. The van der Waals surface area contributed by atoms with Gasteiger partial charge < -0.3 is 9.88 Å². The summed E-state index contributed by atoms with van der Waals surface area (Å²) in [4.78, 5) is 5.92. The van der Waals surface area contributed by atoms with Gasteiger partial charge in [-0.3, -0.25) is 0 Å². The molecule has 2 heterocycles. The first-order valence-electron chi connectivity index (χ1n) is 7.47. The molecular weight excluding hydrogens is 278 g/mol. The van der Waals surface area contributed by atoms with Gasteiger partial charge in [0.15, 0.2) is 0 Å². The Hall–Kier alpha value is -1.65. The van der Waals surface area contributed by atoms with Gasteiger partial charge in [0.2, 0.25) is 0 Å². The number of aromatic nitrogens is 2. The smallest absolute Gasteiger partial charge is 0.108 e. The fraction of sp³-hybridized carbons (Fsp3) is 0.353. The van der Waals surface area contributed by atoms with Gasteiger partial charge in [-0.2, -0.15) is 0 Å². The molecule has 3 aromatic rings. The molecule has 0 saturated carbocycles. The summed E-state index contributed by atoms with van der Waals surface area (Å²) in [6, 6.07) is 8.69. The van der Waals surface area contributed by atoms with Gasteiger partial charge >= 0.3 is 0 Å². The van der Waals surface area contributed by atoms with Crippen molar-refractivity contribution < 1.29 is 0 Å². The van der Waals surface area contributed by atoms with E-state index in [0.717, 1.165) is 25.9 Å². The first kappa shape index (κ1) is 14.3. The van der Waals surface area contributed by atoms with E-state index in [1.165, 1.54) is 26.4 Å². The van der Waals surface area contributed by atoms with Crippen LogP contribution in [0.2, 0.25) is 0 Å². The topological polar surface area (TPSA) is 29.9 Å². The zero-order chi connectivity index (χ0) is 14.7. The standard InChI is InChI=1S/C17H21N3S/c1-3-6-17-19-9-10-20(17)12-14-13-7-4-5-8-15(13)21-16(14)11-18-2/h4-5,7-10,18H,3,6,11-12H2,1-2H3. The monoisotopic (exact) mass is 299 g/mol. The molecule has 2 aromatic heterocycles. The highest BCUT2D eigenvalue weighted by Gasteiger charge is 2.13. The van der Waals surface area contributed by atoms with Gasteiger partial charge in [0.1, 0.15) is 5.82 Å². The molecular formula is C17H21N3S. The van der Waals surface area contributed by atoms with Crippen LogP contribution in [0.25, 0.3) is 10.1 Å². The van der Waals surface area contributed by atoms with E-state index in [1.54, 1.807) is 0 Å². The fourth-order valence-electron chi connectivity index (χ4n) is 2.73. The first-order chi connectivity index (χ1) is 10.3. The summed E-state index contributed by atoms with van der Waals surface area (Å²) >= 11 is 1.89. The van der Waals surface area contributed by atoms with Crippen LogP contribution in [0.15, 0.2) is 36.7 Å². The predicted molar refractivity (Wildman–Crippen MR) is 89.9 cm³/mol. The molecule has 0 fully saturated rings. The Morgan fingerprint density at radius 2 is 2.14 bits per heavy atom. The Balaban J connectivity index is 2.02. The Bertz CT molecular complexity index is 727. The van der Waals surface area contributed by atoms with Crippen LogP contribution < -0.4 is 5.32 Å². The lowest BCUT2D eigenvalue weighted by atomic mass is 10.1. The van der Waals surface area contributed by atoms with Crippen LogP contribution in [0.3, 0.4) is 0 Å². The molecule has 0 atom stereocenters. The maximum atomic E-state index is 4.49. The summed E-state index contributed by atoms with van der Waals surface area (Å²) < 4.78 is 3.66. The van der Waals surface area contributed by atoms with E-state index >= 15 is 0 Å². The van der Waals surface area contributed by atoms with Crippen molar-refractivity contribution in [3.63, 3.8) is 0 Å². The van der Waals surface area contributed by atoms with Gasteiger partial charge in [0.05, 0.1) is 6.54 Å². The van der Waals surface area contributed by atoms with E-state index in [9.17, 15) is 0 Å². The first-order valence-corrected chi connectivity index (χ1v) is 8.29. The number of rotatable bonds is 6. The number of aryl methyl sites for hydroxylation is 1. The number of thiophene rings is 1. The van der Waals surface area contributed by atoms with E-state index in [-0.39, 0.29) is 0 Å². The summed E-state index contributed by atoms with van der Waals surface area (Å²) in [6.45, 7) is 4.04. The Kier molecular flexibility index (Phi) is 4.36. The van der Waals surface area contributed by atoms with Crippen molar-refractivity contribution in [3.8, 4) is 0 Å². The molecule has 0 spiro atoms. The minimum absolute atomic E-state index is 0.913. The van der Waals surface area contributed by atoms with Crippen LogP contribution in [-0.4, -0.2) is 16.6 Å². The second-order valence-corrected chi connectivity index (χ2v) is 6.39. The molecule has 0 amide bonds. The van der Waals surface area contributed by atoms with Crippen molar-refractivity contribution in [2.75, 3.05) is 7.05 Å². The van der Waals surface area contributed by atoms with Gasteiger partial charge in [0, 0.05) is 34.9 Å². The number of benzene rings is 1. The van der Waals surface area contributed by atoms with Crippen molar-refractivity contribution >= 4 is 21.4 Å². The third-order valence-electron chi connectivity index (χ3n) is 3.72. The fourth-order valence-corrected chi connectivity index (χ4v) is 3.96. The quantitative estimate of drug-likeness (QED) is 0.750. The predicted octanol–water partition coefficient (Wildman–Crippen LogP) is 3.82. The molecule has 0 radical (unpaired) electrons. The summed E-state index contributed by atoms with van der Waals surface area (Å²) in [5.41, 5.74) is 1.43. The lowest BCUT2D eigenvalue weighted by Crippen LogP contribution is -2.09. The highest BCUT2D eigenvalue weighted by molar-refractivity contribution is 7.19. The van der Waals surface area contributed by atoms with Crippen LogP contribution in [0.4, 0.5) is 0 Å². The molecule has 1 N–H and O–H groups in total. The van der Waals surface area contributed by atoms with Crippen LogP contribution >= 0.6 is 11.3 Å². The van der Waals surface area contributed by atoms with Crippen LogP contribution in [0.5, 0.6) is 0 Å². The van der Waals surface area contributed by atoms with E-state index in [1.807, 2.05) is 24.6 Å². The second kappa shape index (κ2) is 6.41. The largest absolute Gasteiger partial charge is 0.330 e. The minimum atomic E-state index is 0.913. The third-order valence-corrected chi connectivity index (χ3v) is 4.94. The molecule has 4 heteroatoms. The number of nitrogens with zero attached hydrogens (tertiary/aromatic N) is 2. The molecule has 0 aliphatic carbocycles. The van der Waals surface area contributed by atoms with Crippen LogP contribution in [-0.2, 0) is 19.5 Å². The lowest BCUT2D eigenvalue weighted by molar-refractivity contribution is 0.701. The van der Waals surface area contributed by atoms with Gasteiger partial charge in [-0.05, 0) is 30.5 Å². The molecule has 0 aliphatic heterocycles. The van der Waals surface area contributed by atoms with E-state index < -0.39 is 0 Å². The normalized spacial score (nSPS) is 11.3. The highest BCUT2D eigenvalue weighted by atomic mass is 32.1. The molecule has 0 aliphatic rings. The molecule has 0 bridgehead atoms. The van der Waals surface area contributed by atoms with Crippen molar-refractivity contribution in [2.24, 2.45) is 0 Å². The Labute approximate surface area is 129 Å². The Morgan fingerprint density at radius 1 is 1.29 bits per heavy atom. The van der Waals surface area contributed by atoms with Crippen molar-refractivity contribution in [1.29, 1.82) is 0 Å². The minimum Gasteiger partial charge on any atom is -0.330 e. The van der Waals surface area contributed by atoms with Crippen molar-refractivity contribution in [2.45, 2.75) is 32.9 Å². The van der Waals surface area contributed by atoms with E-state index in [4.69, 9.17) is 0 Å². The average molecular weight is 299 g/mol. The van der Waals surface area contributed by atoms with Gasteiger partial charge in [-0.15, -0.1) is 11.3 Å². The molecule has 3 nitrogen and oxygen atoms in total. The zero-order valence-corrected chi connectivity index (χ0v) is 13.4. The molecule has 21 heavy (non-hydrogen) atoms. The number of hydrogen-bond acceptors (Lipinski definition) is 3. The molecule has 3 rings (SSSR count). The van der Waals surface area contributed by atoms with Gasteiger partial charge in [-0.25, -0.2) is 4.98 Å².